The quantitative estimate of drug-likeness (QED) is 0.138. The summed E-state index contributed by atoms with van der Waals surface area (Å²) in [4.78, 5) is 47.3. The minimum absolute atomic E-state index is 0.0814. The van der Waals surface area contributed by atoms with Crippen LogP contribution in [0.3, 0.4) is 0 Å². The van der Waals surface area contributed by atoms with E-state index in [1.165, 1.54) is 38.5 Å². The molecule has 0 saturated carbocycles. The van der Waals surface area contributed by atoms with Gasteiger partial charge in [0.05, 0.1) is 31.1 Å². The molecule has 316 valence electrons. The van der Waals surface area contributed by atoms with Crippen LogP contribution in [0, 0.1) is 5.92 Å². The van der Waals surface area contributed by atoms with Gasteiger partial charge >= 0.3 is 5.97 Å². The lowest BCUT2D eigenvalue weighted by Crippen LogP contribution is -2.51. The minimum atomic E-state index is -0.638. The standard InChI is InChI=1S/C25H31Cl2N7O.C16H13Cl3N4O2/c1-15-14-33(11-8-20(15)32-9-4-3-5-10-32)21-13-29-23-22(24(28)35)31-34(25(23)30-21)16(2)18-7-6-17(26)12-19(18)27;1-3-25-16(24)14-13-15(21-12(19)7-20-13)23(22-14)8(2)10-5-4-9(17)6-11(10)18/h6-7,12-13,15-16,20H,3-5,8-11,14H2,1-2H3,(H2,28,35);4-8H,3H2,1-2H3/t15?,16-,20?;8-/m11/s1. The second-order valence-electron chi connectivity index (χ2n) is 15.0. The number of primary amides is 1. The molecule has 4 atom stereocenters. The zero-order chi connectivity index (χ0) is 42.8. The number of rotatable bonds is 9. The minimum Gasteiger partial charge on any atom is -0.461 e. The zero-order valence-electron chi connectivity index (χ0n) is 33.5. The lowest BCUT2D eigenvalue weighted by Gasteiger charge is -2.44. The van der Waals surface area contributed by atoms with E-state index in [2.05, 4.69) is 41.9 Å². The number of hydrogen-bond donors (Lipinski definition) is 1. The van der Waals surface area contributed by atoms with Gasteiger partial charge in [-0.25, -0.2) is 34.1 Å². The molecule has 6 aromatic rings. The van der Waals surface area contributed by atoms with Crippen LogP contribution in [-0.4, -0.2) is 95.1 Å². The predicted molar refractivity (Wildman–Crippen MR) is 236 cm³/mol. The van der Waals surface area contributed by atoms with Crippen LogP contribution in [0.15, 0.2) is 48.8 Å². The number of fused-ring (bicyclic) bond motifs is 2. The first-order valence-electron chi connectivity index (χ1n) is 19.8. The van der Waals surface area contributed by atoms with E-state index in [0.29, 0.717) is 54.4 Å². The summed E-state index contributed by atoms with van der Waals surface area (Å²) < 4.78 is 8.28. The molecule has 2 aliphatic rings. The maximum Gasteiger partial charge on any atom is 0.361 e. The topological polar surface area (TPSA) is 163 Å². The van der Waals surface area contributed by atoms with Gasteiger partial charge < -0.3 is 15.4 Å². The van der Waals surface area contributed by atoms with Crippen LogP contribution in [0.1, 0.15) is 97.6 Å². The van der Waals surface area contributed by atoms with E-state index in [1.807, 2.05) is 19.9 Å². The molecule has 0 spiro atoms. The molecule has 2 fully saturated rings. The van der Waals surface area contributed by atoms with Crippen LogP contribution in [0.25, 0.3) is 22.3 Å². The first kappa shape index (κ1) is 43.8. The Bertz CT molecular complexity index is 2540. The number of amides is 1. The van der Waals surface area contributed by atoms with Crippen LogP contribution in [0.2, 0.25) is 25.2 Å². The van der Waals surface area contributed by atoms with Crippen LogP contribution in [0.4, 0.5) is 5.82 Å². The summed E-state index contributed by atoms with van der Waals surface area (Å²) in [6.07, 6.45) is 8.14. The van der Waals surface area contributed by atoms with E-state index in [1.54, 1.807) is 52.8 Å². The van der Waals surface area contributed by atoms with Crippen molar-refractivity contribution in [2.45, 2.75) is 71.5 Å². The molecule has 0 bridgehead atoms. The summed E-state index contributed by atoms with van der Waals surface area (Å²) in [7, 11) is 0. The lowest BCUT2D eigenvalue weighted by atomic mass is 9.91. The second-order valence-corrected chi connectivity index (χ2v) is 17.1. The molecular weight excluding hydrogens is 872 g/mol. The number of ether oxygens (including phenoxy) is 1. The normalized spacial score (nSPS) is 18.2. The number of likely N-dealkylation sites (tertiary alicyclic amines) is 1. The number of esters is 1. The number of piperidine rings is 2. The van der Waals surface area contributed by atoms with Crippen LogP contribution >= 0.6 is 58.0 Å². The van der Waals surface area contributed by atoms with Crippen molar-refractivity contribution in [1.82, 2.24) is 44.4 Å². The van der Waals surface area contributed by atoms with Gasteiger partial charge in [-0.3, -0.25) is 9.69 Å². The number of aromatic nitrogens is 8. The molecule has 2 aliphatic heterocycles. The first-order valence-corrected chi connectivity index (χ1v) is 21.7. The number of nitrogens with zero attached hydrogens (tertiary/aromatic N) is 10. The highest BCUT2D eigenvalue weighted by Gasteiger charge is 2.33. The van der Waals surface area contributed by atoms with Gasteiger partial charge in [-0.2, -0.15) is 10.2 Å². The van der Waals surface area contributed by atoms with Crippen molar-refractivity contribution in [2.24, 2.45) is 11.7 Å². The number of benzene rings is 2. The Labute approximate surface area is 372 Å². The Morgan fingerprint density at radius 1 is 0.800 bits per heavy atom. The Morgan fingerprint density at radius 3 is 1.93 bits per heavy atom. The molecule has 0 radical (unpaired) electrons. The van der Waals surface area contributed by atoms with Gasteiger partial charge in [0.1, 0.15) is 22.0 Å². The third kappa shape index (κ3) is 9.14. The fraction of sp³-hybridized carbons (Fsp3) is 0.415. The van der Waals surface area contributed by atoms with E-state index < -0.39 is 11.9 Å². The molecule has 2 saturated heterocycles. The monoisotopic (exact) mass is 913 g/mol. The average molecular weight is 916 g/mol. The Morgan fingerprint density at radius 2 is 1.37 bits per heavy atom. The maximum atomic E-state index is 12.2. The maximum absolute atomic E-state index is 12.2. The number of carbonyl (C=O) groups is 2. The second kappa shape index (κ2) is 18.8. The molecule has 0 aliphatic carbocycles. The van der Waals surface area contributed by atoms with Crippen molar-refractivity contribution in [3.8, 4) is 0 Å². The highest BCUT2D eigenvalue weighted by molar-refractivity contribution is 6.35. The molecule has 2 N–H and O–H groups in total. The SMILES string of the molecule is CC1CN(c2cnc3c(C(N)=O)nn([C@H](C)c4ccc(Cl)cc4Cl)c3n2)CCC1N1CCCCC1.CCOC(=O)c1nn([C@H](C)c2ccc(Cl)cc2Cl)c2nc(Cl)cnc12. The molecule has 8 rings (SSSR count). The van der Waals surface area contributed by atoms with Crippen molar-refractivity contribution < 1.29 is 14.3 Å². The Hall–Kier alpha value is -4.31. The van der Waals surface area contributed by atoms with E-state index in [0.717, 1.165) is 36.5 Å². The van der Waals surface area contributed by atoms with Crippen molar-refractivity contribution in [3.63, 3.8) is 0 Å². The van der Waals surface area contributed by atoms with Gasteiger partial charge in [0, 0.05) is 39.2 Å². The van der Waals surface area contributed by atoms with Crippen LogP contribution in [0.5, 0.6) is 0 Å². The predicted octanol–water partition coefficient (Wildman–Crippen LogP) is 9.11. The molecule has 14 nitrogen and oxygen atoms in total. The highest BCUT2D eigenvalue weighted by atomic mass is 35.5. The number of anilines is 1. The Kier molecular flexibility index (Phi) is 13.7. The fourth-order valence-electron chi connectivity index (χ4n) is 8.06. The molecular formula is C41H44Cl5N11O3. The number of halogens is 5. The molecule has 60 heavy (non-hydrogen) atoms. The lowest BCUT2D eigenvalue weighted by molar-refractivity contribution is 0.0520. The van der Waals surface area contributed by atoms with E-state index in [4.69, 9.17) is 73.5 Å². The molecule has 6 heterocycles. The van der Waals surface area contributed by atoms with Crippen molar-refractivity contribution in [3.05, 3.63) is 96.6 Å². The molecule has 4 aromatic heterocycles. The third-order valence-electron chi connectivity index (χ3n) is 11.1. The smallest absolute Gasteiger partial charge is 0.361 e. The summed E-state index contributed by atoms with van der Waals surface area (Å²) in [5.41, 5.74) is 9.00. The summed E-state index contributed by atoms with van der Waals surface area (Å²) in [5.74, 6) is 0.101. The third-order valence-corrected chi connectivity index (χ3v) is 12.4. The van der Waals surface area contributed by atoms with Crippen LogP contribution < -0.4 is 10.6 Å². The summed E-state index contributed by atoms with van der Waals surface area (Å²) in [6.45, 7) is 12.4. The van der Waals surface area contributed by atoms with E-state index >= 15 is 0 Å². The van der Waals surface area contributed by atoms with Gasteiger partial charge in [-0.15, -0.1) is 0 Å². The molecule has 2 unspecified atom stereocenters. The van der Waals surface area contributed by atoms with E-state index in [-0.39, 0.29) is 35.2 Å². The summed E-state index contributed by atoms with van der Waals surface area (Å²) >= 11 is 30.8. The van der Waals surface area contributed by atoms with Gasteiger partial charge in [0.15, 0.2) is 22.7 Å². The number of carbonyl (C=O) groups excluding carboxylic acids is 2. The van der Waals surface area contributed by atoms with Gasteiger partial charge in [0.2, 0.25) is 0 Å². The number of hydrogen-bond acceptors (Lipinski definition) is 11. The van der Waals surface area contributed by atoms with Gasteiger partial charge in [-0.1, -0.05) is 83.5 Å². The first-order chi connectivity index (χ1) is 28.7. The average Bonchev–Trinajstić information content (AvgIpc) is 3.80. The highest BCUT2D eigenvalue weighted by Crippen LogP contribution is 2.34. The largest absolute Gasteiger partial charge is 0.461 e. The van der Waals surface area contributed by atoms with Crippen LogP contribution in [-0.2, 0) is 4.74 Å². The fourth-order valence-corrected chi connectivity index (χ4v) is 9.32. The zero-order valence-corrected chi connectivity index (χ0v) is 37.2. The Balaban J connectivity index is 0.000000192. The molecule has 19 heteroatoms. The molecule has 1 amide bonds. The van der Waals surface area contributed by atoms with E-state index in [9.17, 15) is 9.59 Å². The van der Waals surface area contributed by atoms with Crippen molar-refractivity contribution >= 4 is 98.0 Å². The summed E-state index contributed by atoms with van der Waals surface area (Å²) in [5, 5.41) is 11.1. The number of nitrogens with two attached hydrogens (primary N) is 1. The molecule has 2 aromatic carbocycles. The van der Waals surface area contributed by atoms with Crippen molar-refractivity contribution in [2.75, 3.05) is 37.7 Å². The van der Waals surface area contributed by atoms with Gasteiger partial charge in [-0.05, 0) is 94.4 Å². The van der Waals surface area contributed by atoms with Gasteiger partial charge in [0.25, 0.3) is 5.91 Å². The summed E-state index contributed by atoms with van der Waals surface area (Å²) in [6, 6.07) is 10.5. The van der Waals surface area contributed by atoms with Crippen molar-refractivity contribution in [1.29, 1.82) is 0 Å².